The Morgan fingerprint density at radius 3 is 2.62 bits per heavy atom. The van der Waals surface area contributed by atoms with Gasteiger partial charge in [0.2, 0.25) is 15.9 Å². The van der Waals surface area contributed by atoms with Gasteiger partial charge in [0.05, 0.1) is 13.2 Å². The number of amides is 1. The first-order chi connectivity index (χ1) is 9.77. The number of ether oxygens (including phenoxy) is 1. The number of carbonyl (C=O) groups is 2. The minimum Gasteiger partial charge on any atom is -0.477 e. The van der Waals surface area contributed by atoms with Crippen LogP contribution in [-0.2, 0) is 26.6 Å². The predicted octanol–water partition coefficient (Wildman–Crippen LogP) is -1.24. The molecule has 10 heteroatoms. The first-order valence-electron chi connectivity index (χ1n) is 5.93. The molecule has 0 saturated carbocycles. The number of aromatic carboxylic acids is 1. The Bertz CT molecular complexity index is 622. The molecule has 0 atom stereocenters. The third-order valence-electron chi connectivity index (χ3n) is 2.56. The molecule has 1 heterocycles. The zero-order valence-electron chi connectivity index (χ0n) is 11.6. The molecule has 1 amide bonds. The van der Waals surface area contributed by atoms with E-state index >= 15 is 0 Å². The van der Waals surface area contributed by atoms with Gasteiger partial charge in [0.15, 0.2) is 0 Å². The van der Waals surface area contributed by atoms with E-state index in [1.807, 2.05) is 0 Å². The number of nitrogens with zero attached hydrogens (tertiary/aromatic N) is 1. The van der Waals surface area contributed by atoms with Gasteiger partial charge in [-0.3, -0.25) is 4.79 Å². The van der Waals surface area contributed by atoms with Crippen LogP contribution in [0.25, 0.3) is 0 Å². The second kappa shape index (κ2) is 7.20. The van der Waals surface area contributed by atoms with Crippen LogP contribution < -0.4 is 10.0 Å². The van der Waals surface area contributed by atoms with Gasteiger partial charge in [-0.05, 0) is 6.07 Å². The van der Waals surface area contributed by atoms with E-state index in [-0.39, 0.29) is 17.1 Å². The van der Waals surface area contributed by atoms with Gasteiger partial charge in [-0.25, -0.2) is 17.9 Å². The molecule has 21 heavy (non-hydrogen) atoms. The Kier molecular flexibility index (Phi) is 5.88. The van der Waals surface area contributed by atoms with E-state index < -0.39 is 28.4 Å². The summed E-state index contributed by atoms with van der Waals surface area (Å²) in [5.74, 6) is -1.75. The fourth-order valence-corrected chi connectivity index (χ4v) is 2.54. The van der Waals surface area contributed by atoms with E-state index in [2.05, 4.69) is 10.0 Å². The van der Waals surface area contributed by atoms with Gasteiger partial charge in [0.25, 0.3) is 0 Å². The van der Waals surface area contributed by atoms with Crippen molar-refractivity contribution in [2.45, 2.75) is 4.90 Å². The van der Waals surface area contributed by atoms with Gasteiger partial charge < -0.3 is 19.7 Å². The summed E-state index contributed by atoms with van der Waals surface area (Å²) in [5, 5.41) is 11.3. The number of hydrogen-bond donors (Lipinski definition) is 3. The number of aromatic nitrogens is 1. The Morgan fingerprint density at radius 1 is 1.43 bits per heavy atom. The number of nitrogens with one attached hydrogen (secondary N) is 2. The van der Waals surface area contributed by atoms with Crippen molar-refractivity contribution in [3.63, 3.8) is 0 Å². The fourth-order valence-electron chi connectivity index (χ4n) is 1.49. The summed E-state index contributed by atoms with van der Waals surface area (Å²) in [5.41, 5.74) is -0.167. The van der Waals surface area contributed by atoms with Crippen molar-refractivity contribution in [1.29, 1.82) is 0 Å². The smallest absolute Gasteiger partial charge is 0.352 e. The third-order valence-corrected chi connectivity index (χ3v) is 3.93. The van der Waals surface area contributed by atoms with Crippen LogP contribution in [0, 0.1) is 0 Å². The first kappa shape index (κ1) is 17.1. The fraction of sp³-hybridized carbons (Fsp3) is 0.455. The second-order valence-electron chi connectivity index (χ2n) is 4.14. The number of hydrogen-bond acceptors (Lipinski definition) is 5. The van der Waals surface area contributed by atoms with Crippen LogP contribution >= 0.6 is 0 Å². The summed E-state index contributed by atoms with van der Waals surface area (Å²) in [6.45, 7) is 0.147. The molecule has 0 saturated heterocycles. The summed E-state index contributed by atoms with van der Waals surface area (Å²) in [6, 6.07) is 1.02. The van der Waals surface area contributed by atoms with Crippen LogP contribution in [0.1, 0.15) is 10.5 Å². The van der Waals surface area contributed by atoms with Crippen LogP contribution in [-0.4, -0.2) is 56.8 Å². The molecule has 3 N–H and O–H groups in total. The molecule has 1 aromatic rings. The number of carbonyl (C=O) groups excluding carboxylic acids is 1. The van der Waals surface area contributed by atoms with Crippen molar-refractivity contribution < 1.29 is 27.9 Å². The molecular formula is C11H17N3O6S. The van der Waals surface area contributed by atoms with Gasteiger partial charge in [-0.1, -0.05) is 0 Å². The lowest BCUT2D eigenvalue weighted by Gasteiger charge is -2.06. The molecule has 0 bridgehead atoms. The lowest BCUT2D eigenvalue weighted by atomic mass is 10.4. The van der Waals surface area contributed by atoms with Gasteiger partial charge in [0, 0.05) is 26.9 Å². The average Bonchev–Trinajstić information content (AvgIpc) is 2.80. The summed E-state index contributed by atoms with van der Waals surface area (Å²) in [7, 11) is -1.05. The minimum absolute atomic E-state index is 0.167. The number of sulfonamides is 1. The largest absolute Gasteiger partial charge is 0.477 e. The van der Waals surface area contributed by atoms with Crippen LogP contribution in [0.4, 0.5) is 0 Å². The Balaban J connectivity index is 2.67. The molecule has 1 rings (SSSR count). The number of rotatable bonds is 8. The average molecular weight is 319 g/mol. The molecule has 0 aliphatic heterocycles. The predicted molar refractivity (Wildman–Crippen MR) is 72.4 cm³/mol. The minimum atomic E-state index is -3.95. The third kappa shape index (κ3) is 4.85. The van der Waals surface area contributed by atoms with E-state index in [9.17, 15) is 18.0 Å². The monoisotopic (exact) mass is 319 g/mol. The maximum absolute atomic E-state index is 11.9. The summed E-state index contributed by atoms with van der Waals surface area (Å²) < 4.78 is 31.9. The van der Waals surface area contributed by atoms with Crippen molar-refractivity contribution in [2.75, 3.05) is 26.8 Å². The van der Waals surface area contributed by atoms with Crippen molar-refractivity contribution >= 4 is 21.9 Å². The van der Waals surface area contributed by atoms with Crippen LogP contribution in [0.2, 0.25) is 0 Å². The normalized spacial score (nSPS) is 11.3. The number of carboxylic acids is 1. The van der Waals surface area contributed by atoms with Gasteiger partial charge in [-0.2, -0.15) is 0 Å². The Labute approximate surface area is 121 Å². The lowest BCUT2D eigenvalue weighted by molar-refractivity contribution is -0.120. The number of carboxylic acid groups (broad SMARTS) is 1. The van der Waals surface area contributed by atoms with E-state index in [0.29, 0.717) is 6.61 Å². The highest BCUT2D eigenvalue weighted by Gasteiger charge is 2.20. The summed E-state index contributed by atoms with van der Waals surface area (Å²) in [4.78, 5) is 22.0. The van der Waals surface area contributed by atoms with Crippen molar-refractivity contribution in [2.24, 2.45) is 7.05 Å². The molecule has 0 aromatic carbocycles. The van der Waals surface area contributed by atoms with E-state index in [0.717, 1.165) is 12.3 Å². The molecule has 0 fully saturated rings. The van der Waals surface area contributed by atoms with Crippen molar-refractivity contribution in [3.8, 4) is 0 Å². The maximum atomic E-state index is 11.9. The van der Waals surface area contributed by atoms with Crippen LogP contribution in [0.5, 0.6) is 0 Å². The molecule has 118 valence electrons. The maximum Gasteiger partial charge on any atom is 0.352 e. The highest BCUT2D eigenvalue weighted by Crippen LogP contribution is 2.13. The highest BCUT2D eigenvalue weighted by molar-refractivity contribution is 7.89. The Hall–Kier alpha value is -1.91. The molecule has 0 radical (unpaired) electrons. The molecule has 9 nitrogen and oxygen atoms in total. The molecule has 0 spiro atoms. The van der Waals surface area contributed by atoms with Crippen LogP contribution in [0.15, 0.2) is 17.2 Å². The SMILES string of the molecule is COCCNC(=O)CNS(=O)(=O)c1cc(C(=O)O)n(C)c1. The zero-order chi connectivity index (χ0) is 16.0. The van der Waals surface area contributed by atoms with E-state index in [1.165, 1.54) is 18.7 Å². The standard InChI is InChI=1S/C11H17N3O6S/c1-14-7-8(5-9(14)11(16)17)21(18,19)13-6-10(15)12-3-4-20-2/h5,7,13H,3-4,6H2,1-2H3,(H,12,15)(H,16,17). The molecular weight excluding hydrogens is 302 g/mol. The summed E-state index contributed by atoms with van der Waals surface area (Å²) >= 11 is 0. The number of aryl methyl sites for hydroxylation is 1. The quantitative estimate of drug-likeness (QED) is 0.515. The highest BCUT2D eigenvalue weighted by atomic mass is 32.2. The van der Waals surface area contributed by atoms with Gasteiger partial charge in [0.1, 0.15) is 10.6 Å². The van der Waals surface area contributed by atoms with Gasteiger partial charge >= 0.3 is 5.97 Å². The zero-order valence-corrected chi connectivity index (χ0v) is 12.4. The first-order valence-corrected chi connectivity index (χ1v) is 7.41. The Morgan fingerprint density at radius 2 is 2.10 bits per heavy atom. The molecule has 1 aromatic heterocycles. The van der Waals surface area contributed by atoms with E-state index in [1.54, 1.807) is 0 Å². The van der Waals surface area contributed by atoms with E-state index in [4.69, 9.17) is 9.84 Å². The number of methoxy groups -OCH3 is 1. The second-order valence-corrected chi connectivity index (χ2v) is 5.91. The molecule has 0 unspecified atom stereocenters. The summed E-state index contributed by atoms with van der Waals surface area (Å²) in [6.07, 6.45) is 1.16. The van der Waals surface area contributed by atoms with Crippen molar-refractivity contribution in [1.82, 2.24) is 14.6 Å². The van der Waals surface area contributed by atoms with Crippen molar-refractivity contribution in [3.05, 3.63) is 18.0 Å². The molecule has 0 aliphatic carbocycles. The van der Waals surface area contributed by atoms with Gasteiger partial charge in [-0.15, -0.1) is 0 Å². The van der Waals surface area contributed by atoms with Crippen LogP contribution in [0.3, 0.4) is 0 Å². The topological polar surface area (TPSA) is 127 Å². The lowest BCUT2D eigenvalue weighted by Crippen LogP contribution is -2.38. The molecule has 0 aliphatic rings.